The van der Waals surface area contributed by atoms with E-state index < -0.39 is 0 Å². The van der Waals surface area contributed by atoms with Gasteiger partial charge in [0, 0.05) is 37.4 Å². The van der Waals surface area contributed by atoms with Gasteiger partial charge in [-0.2, -0.15) is 0 Å². The molecule has 2 aliphatic rings. The zero-order valence-corrected chi connectivity index (χ0v) is 17.6. The van der Waals surface area contributed by atoms with Gasteiger partial charge in [0.05, 0.1) is 12.6 Å². The van der Waals surface area contributed by atoms with Crippen LogP contribution >= 0.6 is 0 Å². The Balaban J connectivity index is 1.70. The highest BCUT2D eigenvalue weighted by atomic mass is 16.5. The normalized spacial score (nSPS) is 23.4. The molecular weight excluding hydrogens is 346 g/mol. The van der Waals surface area contributed by atoms with E-state index >= 15 is 0 Å². The van der Waals surface area contributed by atoms with Gasteiger partial charge in [-0.25, -0.2) is 0 Å². The summed E-state index contributed by atoms with van der Waals surface area (Å²) in [6.07, 6.45) is 4.55. The van der Waals surface area contributed by atoms with Crippen LogP contribution in [0.4, 0.5) is 11.4 Å². The van der Waals surface area contributed by atoms with E-state index in [1.165, 1.54) is 28.1 Å². The maximum absolute atomic E-state index is 6.01. The Labute approximate surface area is 168 Å². The summed E-state index contributed by atoms with van der Waals surface area (Å²) in [5.74, 6) is 0. The molecule has 4 nitrogen and oxygen atoms in total. The molecule has 1 unspecified atom stereocenters. The van der Waals surface area contributed by atoms with Crippen LogP contribution in [0.2, 0.25) is 0 Å². The van der Waals surface area contributed by atoms with Crippen molar-refractivity contribution in [1.82, 2.24) is 5.32 Å². The summed E-state index contributed by atoms with van der Waals surface area (Å²) in [6, 6.07) is 15.6. The van der Waals surface area contributed by atoms with Gasteiger partial charge in [0.25, 0.3) is 0 Å². The van der Waals surface area contributed by atoms with Gasteiger partial charge in [-0.3, -0.25) is 5.32 Å². The Morgan fingerprint density at radius 2 is 1.96 bits per heavy atom. The molecule has 0 amide bonds. The lowest BCUT2D eigenvalue weighted by molar-refractivity contribution is 0.0917. The fourth-order valence-electron chi connectivity index (χ4n) is 4.42. The highest BCUT2D eigenvalue weighted by Gasteiger charge is 2.46. The van der Waals surface area contributed by atoms with Gasteiger partial charge in [-0.05, 0) is 41.8 Å². The van der Waals surface area contributed by atoms with E-state index in [0.717, 1.165) is 13.2 Å². The SMILES string of the molecule is Cc1cc(N(C)C)ccc1C=CC1N([C@H]2NCCO2)c2ccccc2C1(C)C. The highest BCUT2D eigenvalue weighted by Crippen LogP contribution is 2.46. The van der Waals surface area contributed by atoms with Crippen LogP contribution in [-0.4, -0.2) is 39.6 Å². The van der Waals surface area contributed by atoms with Crippen molar-refractivity contribution in [1.29, 1.82) is 0 Å². The number of rotatable bonds is 4. The molecular formula is C24H31N3O. The van der Waals surface area contributed by atoms with Crippen molar-refractivity contribution in [2.45, 2.75) is 38.6 Å². The monoisotopic (exact) mass is 377 g/mol. The Morgan fingerprint density at radius 1 is 1.18 bits per heavy atom. The Bertz CT molecular complexity index is 881. The molecule has 2 heterocycles. The average molecular weight is 378 g/mol. The van der Waals surface area contributed by atoms with E-state index in [0.29, 0.717) is 0 Å². The van der Waals surface area contributed by atoms with Gasteiger partial charge in [0.2, 0.25) is 0 Å². The summed E-state index contributed by atoms with van der Waals surface area (Å²) in [5, 5.41) is 3.50. The van der Waals surface area contributed by atoms with E-state index in [1.54, 1.807) is 0 Å². The quantitative estimate of drug-likeness (QED) is 0.866. The van der Waals surface area contributed by atoms with Crippen LogP contribution in [0.25, 0.3) is 6.08 Å². The molecule has 2 atom stereocenters. The summed E-state index contributed by atoms with van der Waals surface area (Å²) in [6.45, 7) is 8.49. The molecule has 0 aliphatic carbocycles. The number of anilines is 2. The molecule has 2 aromatic rings. The maximum atomic E-state index is 6.01. The summed E-state index contributed by atoms with van der Waals surface area (Å²) in [7, 11) is 4.16. The Hall–Kier alpha value is -2.30. The number of aryl methyl sites for hydroxylation is 1. The molecule has 0 bridgehead atoms. The summed E-state index contributed by atoms with van der Waals surface area (Å²) < 4.78 is 6.01. The number of hydrogen-bond donors (Lipinski definition) is 1. The van der Waals surface area contributed by atoms with Crippen molar-refractivity contribution in [3.05, 3.63) is 65.2 Å². The zero-order valence-electron chi connectivity index (χ0n) is 17.6. The molecule has 2 aliphatic heterocycles. The van der Waals surface area contributed by atoms with Crippen LogP contribution in [0.1, 0.15) is 30.5 Å². The fourth-order valence-corrected chi connectivity index (χ4v) is 4.42. The number of fused-ring (bicyclic) bond motifs is 1. The topological polar surface area (TPSA) is 27.7 Å². The fraction of sp³-hybridized carbons (Fsp3) is 0.417. The van der Waals surface area contributed by atoms with Crippen molar-refractivity contribution >= 4 is 17.5 Å². The lowest BCUT2D eigenvalue weighted by Crippen LogP contribution is -2.50. The number of benzene rings is 2. The summed E-state index contributed by atoms with van der Waals surface area (Å²) >= 11 is 0. The summed E-state index contributed by atoms with van der Waals surface area (Å²) in [5.41, 5.74) is 6.42. The van der Waals surface area contributed by atoms with Crippen LogP contribution in [0.5, 0.6) is 0 Å². The predicted octanol–water partition coefficient (Wildman–Crippen LogP) is 4.14. The first-order valence-electron chi connectivity index (χ1n) is 10.1. The van der Waals surface area contributed by atoms with Gasteiger partial charge in [-0.1, -0.05) is 50.3 Å². The highest BCUT2D eigenvalue weighted by molar-refractivity contribution is 5.68. The second-order valence-electron chi connectivity index (χ2n) is 8.56. The third-order valence-electron chi connectivity index (χ3n) is 6.09. The molecule has 28 heavy (non-hydrogen) atoms. The minimum atomic E-state index is -0.0743. The molecule has 0 saturated carbocycles. The first kappa shape index (κ1) is 19.0. The van der Waals surface area contributed by atoms with E-state index in [-0.39, 0.29) is 17.8 Å². The maximum Gasteiger partial charge on any atom is 0.187 e. The largest absolute Gasteiger partial charge is 0.378 e. The number of ether oxygens (including phenoxy) is 1. The van der Waals surface area contributed by atoms with Crippen LogP contribution in [0, 0.1) is 6.92 Å². The van der Waals surface area contributed by atoms with E-state index in [4.69, 9.17) is 4.74 Å². The second kappa shape index (κ2) is 7.26. The van der Waals surface area contributed by atoms with E-state index in [9.17, 15) is 0 Å². The third kappa shape index (κ3) is 3.21. The molecule has 1 N–H and O–H groups in total. The van der Waals surface area contributed by atoms with E-state index in [1.807, 2.05) is 0 Å². The smallest absolute Gasteiger partial charge is 0.187 e. The van der Waals surface area contributed by atoms with Crippen molar-refractivity contribution in [3.63, 3.8) is 0 Å². The van der Waals surface area contributed by atoms with Crippen molar-refractivity contribution in [3.8, 4) is 0 Å². The molecule has 0 radical (unpaired) electrons. The number of nitrogens with one attached hydrogen (secondary N) is 1. The van der Waals surface area contributed by atoms with Gasteiger partial charge < -0.3 is 14.5 Å². The first-order chi connectivity index (χ1) is 13.4. The Kier molecular flexibility index (Phi) is 4.94. The average Bonchev–Trinajstić information content (AvgIpc) is 3.26. The standard InChI is InChI=1S/C24H31N3O/c1-17-16-19(26(4)5)12-10-18(17)11-13-22-24(2,3)20-8-6-7-9-21(20)27(22)23-25-14-15-28-23/h6-13,16,22-23,25H,14-15H2,1-5H3/t22?,23-/m1/s1. The number of hydrogen-bond acceptors (Lipinski definition) is 4. The second-order valence-corrected chi connectivity index (χ2v) is 8.56. The van der Waals surface area contributed by atoms with Crippen LogP contribution in [0.3, 0.4) is 0 Å². The molecule has 0 spiro atoms. The Morgan fingerprint density at radius 3 is 2.64 bits per heavy atom. The van der Waals surface area contributed by atoms with Crippen LogP contribution < -0.4 is 15.1 Å². The van der Waals surface area contributed by atoms with Gasteiger partial charge in [0.15, 0.2) is 6.35 Å². The minimum Gasteiger partial charge on any atom is -0.378 e. The first-order valence-corrected chi connectivity index (χ1v) is 10.1. The molecule has 0 aromatic heterocycles. The molecule has 1 fully saturated rings. The summed E-state index contributed by atoms with van der Waals surface area (Å²) in [4.78, 5) is 4.55. The molecule has 4 rings (SSSR count). The molecule has 148 valence electrons. The van der Waals surface area contributed by atoms with Crippen molar-refractivity contribution in [2.24, 2.45) is 0 Å². The zero-order chi connectivity index (χ0) is 19.9. The van der Waals surface area contributed by atoms with Gasteiger partial charge in [-0.15, -0.1) is 0 Å². The van der Waals surface area contributed by atoms with Crippen LogP contribution in [-0.2, 0) is 10.2 Å². The molecule has 1 saturated heterocycles. The van der Waals surface area contributed by atoms with Crippen LogP contribution in [0.15, 0.2) is 48.5 Å². The molecule has 4 heteroatoms. The molecule has 2 aromatic carbocycles. The van der Waals surface area contributed by atoms with Gasteiger partial charge >= 0.3 is 0 Å². The predicted molar refractivity (Wildman–Crippen MR) is 118 cm³/mol. The van der Waals surface area contributed by atoms with Crippen molar-refractivity contribution < 1.29 is 4.74 Å². The number of para-hydroxylation sites is 1. The minimum absolute atomic E-state index is 0.00178. The van der Waals surface area contributed by atoms with Crippen molar-refractivity contribution in [2.75, 3.05) is 37.0 Å². The third-order valence-corrected chi connectivity index (χ3v) is 6.09. The number of nitrogens with zero attached hydrogens (tertiary/aromatic N) is 2. The lowest BCUT2D eigenvalue weighted by Gasteiger charge is -2.35. The lowest BCUT2D eigenvalue weighted by atomic mass is 9.80. The van der Waals surface area contributed by atoms with E-state index in [2.05, 4.69) is 105 Å². The van der Waals surface area contributed by atoms with Gasteiger partial charge in [0.1, 0.15) is 0 Å².